The van der Waals surface area contributed by atoms with Gasteiger partial charge in [-0.05, 0) is 23.3 Å². The highest BCUT2D eigenvalue weighted by molar-refractivity contribution is 14.0. The molecule has 1 N–H and O–H groups in total. The van der Waals surface area contributed by atoms with Gasteiger partial charge in [-0.15, -0.1) is 24.0 Å². The molecule has 3 rings (SSSR count). The summed E-state index contributed by atoms with van der Waals surface area (Å²) in [6.45, 7) is 1.64. The zero-order chi connectivity index (χ0) is 14.7. The Labute approximate surface area is 157 Å². The summed E-state index contributed by atoms with van der Waals surface area (Å²) in [6.07, 6.45) is 0. The van der Waals surface area contributed by atoms with Crippen molar-refractivity contribution in [1.82, 2.24) is 10.2 Å². The molecule has 1 aliphatic heterocycles. The summed E-state index contributed by atoms with van der Waals surface area (Å²) < 4.78 is 1.11. The van der Waals surface area contributed by atoms with E-state index in [0.717, 1.165) is 23.5 Å². The van der Waals surface area contributed by atoms with Crippen molar-refractivity contribution in [1.29, 1.82) is 0 Å². The van der Waals surface area contributed by atoms with Gasteiger partial charge in [-0.25, -0.2) is 0 Å². The zero-order valence-corrected chi connectivity index (χ0v) is 16.3. The van der Waals surface area contributed by atoms with Crippen molar-refractivity contribution in [2.45, 2.75) is 12.6 Å². The standard InChI is InChI=1S/C17H18BrN3.HI/c1-21(12-13-7-9-15(18)10-8-13)17-19-11-16(20-17)14-5-3-2-4-6-14;/h2-10,16H,11-12H2,1H3,(H,19,20);1H. The van der Waals surface area contributed by atoms with Gasteiger partial charge in [-0.1, -0.05) is 58.4 Å². The molecule has 0 saturated heterocycles. The summed E-state index contributed by atoms with van der Waals surface area (Å²) in [7, 11) is 2.07. The lowest BCUT2D eigenvalue weighted by molar-refractivity contribution is 0.480. The maximum absolute atomic E-state index is 4.63. The molecule has 1 aliphatic rings. The van der Waals surface area contributed by atoms with Crippen molar-refractivity contribution in [3.63, 3.8) is 0 Å². The van der Waals surface area contributed by atoms with Gasteiger partial charge in [-0.2, -0.15) is 0 Å². The highest BCUT2D eigenvalue weighted by atomic mass is 127. The van der Waals surface area contributed by atoms with Crippen molar-refractivity contribution in [3.05, 3.63) is 70.2 Å². The molecule has 22 heavy (non-hydrogen) atoms. The van der Waals surface area contributed by atoms with Crippen molar-refractivity contribution in [2.24, 2.45) is 4.99 Å². The Bertz CT molecular complexity index is 628. The highest BCUT2D eigenvalue weighted by Gasteiger charge is 2.21. The van der Waals surface area contributed by atoms with Crippen LogP contribution in [0, 0.1) is 0 Å². The maximum atomic E-state index is 4.63. The lowest BCUT2D eigenvalue weighted by Crippen LogP contribution is -2.36. The molecule has 0 fully saturated rings. The number of hydrogen-bond donors (Lipinski definition) is 1. The summed E-state index contributed by atoms with van der Waals surface area (Å²) in [5, 5.41) is 3.51. The van der Waals surface area contributed by atoms with Gasteiger partial charge < -0.3 is 10.2 Å². The van der Waals surface area contributed by atoms with Crippen LogP contribution in [0.3, 0.4) is 0 Å². The minimum Gasteiger partial charge on any atom is -0.348 e. The van der Waals surface area contributed by atoms with Crippen LogP contribution in [0.25, 0.3) is 0 Å². The number of nitrogens with one attached hydrogen (secondary N) is 1. The molecular weight excluding hydrogens is 453 g/mol. The minimum absolute atomic E-state index is 0. The lowest BCUT2D eigenvalue weighted by Gasteiger charge is -2.21. The fourth-order valence-corrected chi connectivity index (χ4v) is 2.73. The van der Waals surface area contributed by atoms with Crippen LogP contribution >= 0.6 is 39.9 Å². The SMILES string of the molecule is CN(Cc1ccc(Br)cc1)C1=NCC(c2ccccc2)N1.I. The molecule has 2 aromatic rings. The average Bonchev–Trinajstić information content (AvgIpc) is 3.00. The third-order valence-corrected chi connectivity index (χ3v) is 4.15. The second kappa shape index (κ2) is 7.97. The molecule has 0 saturated carbocycles. The zero-order valence-electron chi connectivity index (χ0n) is 12.4. The van der Waals surface area contributed by atoms with Crippen molar-refractivity contribution in [2.75, 3.05) is 13.6 Å². The van der Waals surface area contributed by atoms with E-state index in [9.17, 15) is 0 Å². The normalized spacial score (nSPS) is 16.5. The molecule has 0 aliphatic carbocycles. The molecule has 1 atom stereocenters. The minimum atomic E-state index is 0. The number of halogens is 2. The van der Waals surface area contributed by atoms with Crippen molar-refractivity contribution >= 4 is 45.9 Å². The summed E-state index contributed by atoms with van der Waals surface area (Å²) in [5.74, 6) is 0.965. The number of benzene rings is 2. The van der Waals surface area contributed by atoms with E-state index >= 15 is 0 Å². The fourth-order valence-electron chi connectivity index (χ4n) is 2.47. The molecule has 1 heterocycles. The third kappa shape index (κ3) is 4.23. The number of aliphatic imine (C=N–C) groups is 1. The van der Waals surface area contributed by atoms with Crippen molar-refractivity contribution < 1.29 is 0 Å². The highest BCUT2D eigenvalue weighted by Crippen LogP contribution is 2.18. The molecule has 3 nitrogen and oxygen atoms in total. The van der Waals surface area contributed by atoms with E-state index in [-0.39, 0.29) is 30.0 Å². The van der Waals surface area contributed by atoms with E-state index in [1.165, 1.54) is 11.1 Å². The average molecular weight is 472 g/mol. The Morgan fingerprint density at radius 1 is 1.14 bits per heavy atom. The van der Waals surface area contributed by atoms with Crippen molar-refractivity contribution in [3.8, 4) is 0 Å². The van der Waals surface area contributed by atoms with Gasteiger partial charge in [0.2, 0.25) is 0 Å². The van der Waals surface area contributed by atoms with Gasteiger partial charge in [0.1, 0.15) is 0 Å². The number of rotatable bonds is 3. The van der Waals surface area contributed by atoms with Gasteiger partial charge in [0.05, 0.1) is 12.6 Å². The predicted octanol–water partition coefficient (Wildman–Crippen LogP) is 4.20. The molecular formula is C17H19BrIN3. The van der Waals surface area contributed by atoms with Gasteiger partial charge in [0, 0.05) is 18.1 Å². The van der Waals surface area contributed by atoms with Gasteiger partial charge in [-0.3, -0.25) is 4.99 Å². The molecule has 0 radical (unpaired) electrons. The van der Waals surface area contributed by atoms with Crippen LogP contribution in [-0.2, 0) is 6.54 Å². The molecule has 0 aromatic heterocycles. The molecule has 1 unspecified atom stereocenters. The van der Waals surface area contributed by atoms with E-state index in [4.69, 9.17) is 0 Å². The third-order valence-electron chi connectivity index (χ3n) is 3.62. The number of guanidine groups is 1. The first-order valence-corrected chi connectivity index (χ1v) is 7.83. The van der Waals surface area contributed by atoms with Gasteiger partial charge in [0.15, 0.2) is 5.96 Å². The Kier molecular flexibility index (Phi) is 6.26. The van der Waals surface area contributed by atoms with Gasteiger partial charge in [0.25, 0.3) is 0 Å². The van der Waals surface area contributed by atoms with E-state index in [1.807, 2.05) is 6.07 Å². The Morgan fingerprint density at radius 3 is 2.50 bits per heavy atom. The first-order valence-electron chi connectivity index (χ1n) is 7.04. The van der Waals surface area contributed by atoms with E-state index in [0.29, 0.717) is 0 Å². The quantitative estimate of drug-likeness (QED) is 0.679. The molecule has 116 valence electrons. The predicted molar refractivity (Wildman–Crippen MR) is 106 cm³/mol. The van der Waals surface area contributed by atoms with E-state index in [2.05, 4.69) is 86.7 Å². The smallest absolute Gasteiger partial charge is 0.194 e. The fraction of sp³-hybridized carbons (Fsp3) is 0.235. The first-order chi connectivity index (χ1) is 10.2. The molecule has 0 bridgehead atoms. The van der Waals surface area contributed by atoms with Crippen LogP contribution < -0.4 is 5.32 Å². The molecule has 2 aromatic carbocycles. The van der Waals surface area contributed by atoms with Crippen LogP contribution in [0.15, 0.2) is 64.1 Å². The van der Waals surface area contributed by atoms with Crippen LogP contribution in [0.2, 0.25) is 0 Å². The summed E-state index contributed by atoms with van der Waals surface area (Å²) >= 11 is 3.46. The molecule has 0 spiro atoms. The second-order valence-electron chi connectivity index (χ2n) is 5.25. The number of nitrogens with zero attached hydrogens (tertiary/aromatic N) is 2. The molecule has 0 amide bonds. The number of hydrogen-bond acceptors (Lipinski definition) is 3. The molecule has 5 heteroatoms. The Hall–Kier alpha value is -1.08. The van der Waals surface area contributed by atoms with Crippen LogP contribution in [-0.4, -0.2) is 24.5 Å². The summed E-state index contributed by atoms with van der Waals surface area (Å²) in [4.78, 5) is 6.79. The largest absolute Gasteiger partial charge is 0.348 e. The van der Waals surface area contributed by atoms with Crippen LogP contribution in [0.4, 0.5) is 0 Å². The maximum Gasteiger partial charge on any atom is 0.194 e. The lowest BCUT2D eigenvalue weighted by atomic mass is 10.1. The Balaban J connectivity index is 0.00000176. The summed E-state index contributed by atoms with van der Waals surface area (Å²) in [6, 6.07) is 19.2. The summed E-state index contributed by atoms with van der Waals surface area (Å²) in [5.41, 5.74) is 2.56. The van der Waals surface area contributed by atoms with E-state index in [1.54, 1.807) is 0 Å². The monoisotopic (exact) mass is 471 g/mol. The van der Waals surface area contributed by atoms with E-state index < -0.39 is 0 Å². The first kappa shape index (κ1) is 17.3. The second-order valence-corrected chi connectivity index (χ2v) is 6.17. The Morgan fingerprint density at radius 2 is 1.82 bits per heavy atom. The topological polar surface area (TPSA) is 27.6 Å². The van der Waals surface area contributed by atoms with Gasteiger partial charge >= 0.3 is 0 Å². The van der Waals surface area contributed by atoms with Crippen LogP contribution in [0.1, 0.15) is 17.2 Å². The van der Waals surface area contributed by atoms with Crippen LogP contribution in [0.5, 0.6) is 0 Å².